The molecule has 0 saturated carbocycles. The molecule has 25 heavy (non-hydrogen) atoms. The van der Waals surface area contributed by atoms with Gasteiger partial charge in [0.05, 0.1) is 24.7 Å². The average Bonchev–Trinajstić information content (AvgIpc) is 3.10. The van der Waals surface area contributed by atoms with Crippen LogP contribution < -0.4 is 14.8 Å². The third kappa shape index (κ3) is 2.73. The van der Waals surface area contributed by atoms with E-state index in [-0.39, 0.29) is 6.04 Å². The monoisotopic (exact) mass is 399 g/mol. The van der Waals surface area contributed by atoms with Gasteiger partial charge in [-0.15, -0.1) is 0 Å². The molecule has 0 amide bonds. The minimum Gasteiger partial charge on any atom is -0.493 e. The number of ether oxygens (including phenoxy) is 2. The highest BCUT2D eigenvalue weighted by Crippen LogP contribution is 2.51. The maximum Gasteiger partial charge on any atom is 0.174 e. The molecule has 1 N–H and O–H groups in total. The summed E-state index contributed by atoms with van der Waals surface area (Å²) in [6, 6.07) is 11.2. The molecule has 0 bridgehead atoms. The molecule has 1 heterocycles. The van der Waals surface area contributed by atoms with Crippen molar-refractivity contribution in [3.63, 3.8) is 0 Å². The number of fused-ring (bicyclic) bond motifs is 3. The van der Waals surface area contributed by atoms with Crippen LogP contribution in [-0.2, 0) is 0 Å². The molecule has 0 unspecified atom stereocenters. The highest BCUT2D eigenvalue weighted by Gasteiger charge is 2.38. The lowest BCUT2D eigenvalue weighted by atomic mass is 9.76. The molecular weight excluding hydrogens is 378 g/mol. The Kier molecular flexibility index (Phi) is 4.24. The Morgan fingerprint density at radius 3 is 2.72 bits per heavy atom. The molecule has 130 valence electrons. The minimum absolute atomic E-state index is 0.242. The molecule has 0 radical (unpaired) electrons. The standard InChI is InChI=1S/C21H22BrNO2/c1-12-7-8-18-16(9-12)14-5-4-6-15(14)20(23-18)13-10-17(22)21(25-3)19(11-13)24-2/h4-5,7-11,14-15,20,23H,6H2,1-3H3/t14-,15+,20+/m1/s1. The van der Waals surface area contributed by atoms with Gasteiger partial charge < -0.3 is 14.8 Å². The molecule has 1 aliphatic carbocycles. The number of allylic oxidation sites excluding steroid dienone is 2. The van der Waals surface area contributed by atoms with Gasteiger partial charge in [-0.05, 0) is 64.5 Å². The van der Waals surface area contributed by atoms with Gasteiger partial charge in [0.2, 0.25) is 0 Å². The Morgan fingerprint density at radius 2 is 1.96 bits per heavy atom. The van der Waals surface area contributed by atoms with E-state index in [4.69, 9.17) is 9.47 Å². The predicted octanol–water partition coefficient (Wildman–Crippen LogP) is 5.60. The summed E-state index contributed by atoms with van der Waals surface area (Å²) in [5.41, 5.74) is 5.17. The summed E-state index contributed by atoms with van der Waals surface area (Å²) < 4.78 is 11.9. The lowest BCUT2D eigenvalue weighted by Crippen LogP contribution is -2.29. The van der Waals surface area contributed by atoms with Crippen molar-refractivity contribution in [2.24, 2.45) is 5.92 Å². The number of aryl methyl sites for hydroxylation is 1. The summed E-state index contributed by atoms with van der Waals surface area (Å²) in [6.45, 7) is 2.16. The molecule has 0 fully saturated rings. The smallest absolute Gasteiger partial charge is 0.174 e. The number of benzene rings is 2. The summed E-state index contributed by atoms with van der Waals surface area (Å²) >= 11 is 3.63. The largest absolute Gasteiger partial charge is 0.493 e. The zero-order valence-electron chi connectivity index (χ0n) is 14.7. The van der Waals surface area contributed by atoms with Gasteiger partial charge in [-0.25, -0.2) is 0 Å². The van der Waals surface area contributed by atoms with Crippen LogP contribution in [0.1, 0.15) is 35.1 Å². The average molecular weight is 400 g/mol. The van der Waals surface area contributed by atoms with E-state index >= 15 is 0 Å². The van der Waals surface area contributed by atoms with Crippen molar-refractivity contribution in [3.05, 3.63) is 63.6 Å². The van der Waals surface area contributed by atoms with Gasteiger partial charge in [0, 0.05) is 11.6 Å². The fraction of sp³-hybridized carbons (Fsp3) is 0.333. The highest BCUT2D eigenvalue weighted by atomic mass is 79.9. The number of halogens is 1. The predicted molar refractivity (Wildman–Crippen MR) is 105 cm³/mol. The molecule has 2 aromatic rings. The van der Waals surface area contributed by atoms with Crippen LogP contribution >= 0.6 is 15.9 Å². The van der Waals surface area contributed by atoms with Crippen LogP contribution in [0.4, 0.5) is 5.69 Å². The first-order valence-electron chi connectivity index (χ1n) is 8.57. The second kappa shape index (κ2) is 6.41. The lowest BCUT2D eigenvalue weighted by Gasteiger charge is -2.38. The SMILES string of the molecule is COc1cc([C@@H]2Nc3ccc(C)cc3[C@@H]3C=CC[C@@H]32)cc(Br)c1OC. The first kappa shape index (κ1) is 16.5. The Morgan fingerprint density at radius 1 is 1.12 bits per heavy atom. The number of methoxy groups -OCH3 is 2. The van der Waals surface area contributed by atoms with Crippen molar-refractivity contribution in [2.45, 2.75) is 25.3 Å². The van der Waals surface area contributed by atoms with E-state index < -0.39 is 0 Å². The van der Waals surface area contributed by atoms with Crippen LogP contribution in [0.25, 0.3) is 0 Å². The van der Waals surface area contributed by atoms with Gasteiger partial charge in [0.1, 0.15) is 0 Å². The zero-order valence-corrected chi connectivity index (χ0v) is 16.3. The van der Waals surface area contributed by atoms with Crippen molar-refractivity contribution < 1.29 is 9.47 Å². The van der Waals surface area contributed by atoms with Crippen molar-refractivity contribution in [1.29, 1.82) is 0 Å². The Labute approximate surface area is 157 Å². The third-order valence-electron chi connectivity index (χ3n) is 5.33. The van der Waals surface area contributed by atoms with Gasteiger partial charge in [0.15, 0.2) is 11.5 Å². The summed E-state index contributed by atoms with van der Waals surface area (Å²) in [4.78, 5) is 0. The van der Waals surface area contributed by atoms with Crippen LogP contribution in [0, 0.1) is 12.8 Å². The van der Waals surface area contributed by atoms with Crippen molar-refractivity contribution in [3.8, 4) is 11.5 Å². The molecule has 2 aromatic carbocycles. The number of anilines is 1. The Balaban J connectivity index is 1.79. The van der Waals surface area contributed by atoms with Crippen molar-refractivity contribution in [1.82, 2.24) is 0 Å². The van der Waals surface area contributed by atoms with E-state index in [1.54, 1.807) is 14.2 Å². The van der Waals surface area contributed by atoms with Crippen LogP contribution in [0.5, 0.6) is 11.5 Å². The van der Waals surface area contributed by atoms with E-state index in [1.807, 2.05) is 0 Å². The van der Waals surface area contributed by atoms with Gasteiger partial charge in [-0.3, -0.25) is 0 Å². The first-order valence-corrected chi connectivity index (χ1v) is 9.37. The van der Waals surface area contributed by atoms with Gasteiger partial charge in [-0.2, -0.15) is 0 Å². The molecule has 3 nitrogen and oxygen atoms in total. The molecule has 4 heteroatoms. The van der Waals surface area contributed by atoms with Crippen LogP contribution in [0.3, 0.4) is 0 Å². The van der Waals surface area contributed by atoms with E-state index in [9.17, 15) is 0 Å². The first-order chi connectivity index (χ1) is 12.1. The van der Waals surface area contributed by atoms with Gasteiger partial charge in [-0.1, -0.05) is 29.8 Å². The van der Waals surface area contributed by atoms with Crippen molar-refractivity contribution in [2.75, 3.05) is 19.5 Å². The minimum atomic E-state index is 0.242. The molecule has 2 aliphatic rings. The third-order valence-corrected chi connectivity index (χ3v) is 5.92. The van der Waals surface area contributed by atoms with Crippen molar-refractivity contribution >= 4 is 21.6 Å². The van der Waals surface area contributed by atoms with Crippen LogP contribution in [0.2, 0.25) is 0 Å². The Bertz CT molecular complexity index is 846. The van der Waals surface area contributed by atoms with E-state index in [0.717, 1.165) is 22.4 Å². The molecule has 0 aromatic heterocycles. The van der Waals surface area contributed by atoms with Gasteiger partial charge >= 0.3 is 0 Å². The molecule has 3 atom stereocenters. The number of nitrogens with one attached hydrogen (secondary N) is 1. The maximum atomic E-state index is 5.55. The molecule has 0 spiro atoms. The van der Waals surface area contributed by atoms with E-state index in [2.05, 4.69) is 70.7 Å². The Hall–Kier alpha value is -1.94. The summed E-state index contributed by atoms with van der Waals surface area (Å²) in [5, 5.41) is 3.77. The number of rotatable bonds is 3. The second-order valence-electron chi connectivity index (χ2n) is 6.80. The molecular formula is C21H22BrNO2. The summed E-state index contributed by atoms with van der Waals surface area (Å²) in [5.74, 6) is 2.47. The van der Waals surface area contributed by atoms with Gasteiger partial charge in [0.25, 0.3) is 0 Å². The normalized spacial score (nSPS) is 23.6. The maximum absolute atomic E-state index is 5.55. The zero-order chi connectivity index (χ0) is 17.6. The van der Waals surface area contributed by atoms with E-state index in [0.29, 0.717) is 11.8 Å². The fourth-order valence-corrected chi connectivity index (χ4v) is 4.78. The van der Waals surface area contributed by atoms with Crippen LogP contribution in [-0.4, -0.2) is 14.2 Å². The number of hydrogen-bond donors (Lipinski definition) is 1. The summed E-state index contributed by atoms with van der Waals surface area (Å²) in [7, 11) is 3.34. The second-order valence-corrected chi connectivity index (χ2v) is 7.66. The summed E-state index contributed by atoms with van der Waals surface area (Å²) in [6.07, 6.45) is 5.77. The highest BCUT2D eigenvalue weighted by molar-refractivity contribution is 9.10. The van der Waals surface area contributed by atoms with E-state index in [1.165, 1.54) is 22.4 Å². The molecule has 0 saturated heterocycles. The fourth-order valence-electron chi connectivity index (χ4n) is 4.16. The molecule has 1 aliphatic heterocycles. The quantitative estimate of drug-likeness (QED) is 0.681. The molecule has 4 rings (SSSR count). The topological polar surface area (TPSA) is 30.5 Å². The van der Waals surface area contributed by atoms with Crippen LogP contribution in [0.15, 0.2) is 47.0 Å². The number of hydrogen-bond acceptors (Lipinski definition) is 3. The lowest BCUT2D eigenvalue weighted by molar-refractivity contribution is 0.351.